The number of nitrogens with zero attached hydrogens (tertiary/aromatic N) is 1. The average molecular weight is 167 g/mol. The molecule has 0 aromatic heterocycles. The minimum absolute atomic E-state index is 0.0304. The number of rotatable bonds is 3. The maximum absolute atomic E-state index is 11.1. The van der Waals surface area contributed by atoms with Crippen LogP contribution >= 0.6 is 0 Å². The SMILES string of the molecule is CC=C(C=CC(=O)N(C)C)CC. The van der Waals surface area contributed by atoms with Gasteiger partial charge < -0.3 is 4.90 Å². The molecule has 68 valence electrons. The van der Waals surface area contributed by atoms with E-state index in [4.69, 9.17) is 0 Å². The van der Waals surface area contributed by atoms with Gasteiger partial charge in [-0.25, -0.2) is 0 Å². The first kappa shape index (κ1) is 11.0. The van der Waals surface area contributed by atoms with E-state index in [0.29, 0.717) is 0 Å². The molecule has 0 aliphatic heterocycles. The molecule has 0 rings (SSSR count). The molecule has 0 aliphatic carbocycles. The van der Waals surface area contributed by atoms with Crippen molar-refractivity contribution in [3.8, 4) is 0 Å². The number of likely N-dealkylation sites (N-methyl/N-ethyl adjacent to an activating group) is 1. The van der Waals surface area contributed by atoms with Gasteiger partial charge in [0, 0.05) is 20.2 Å². The van der Waals surface area contributed by atoms with Crippen LogP contribution in [-0.2, 0) is 4.79 Å². The molecule has 0 unspecified atom stereocenters. The summed E-state index contributed by atoms with van der Waals surface area (Å²) in [7, 11) is 3.49. The van der Waals surface area contributed by atoms with E-state index in [0.717, 1.165) is 6.42 Å². The van der Waals surface area contributed by atoms with Crippen LogP contribution in [0.5, 0.6) is 0 Å². The van der Waals surface area contributed by atoms with E-state index in [2.05, 4.69) is 6.92 Å². The van der Waals surface area contributed by atoms with Crippen molar-refractivity contribution >= 4 is 5.91 Å². The van der Waals surface area contributed by atoms with Gasteiger partial charge in [-0.3, -0.25) is 4.79 Å². The molecular weight excluding hydrogens is 150 g/mol. The maximum atomic E-state index is 11.1. The summed E-state index contributed by atoms with van der Waals surface area (Å²) in [5.41, 5.74) is 1.19. The van der Waals surface area contributed by atoms with Crippen LogP contribution in [0.1, 0.15) is 20.3 Å². The Bertz CT molecular complexity index is 202. The number of carbonyl (C=O) groups is 1. The van der Waals surface area contributed by atoms with Crippen LogP contribution in [0.2, 0.25) is 0 Å². The third-order valence-electron chi connectivity index (χ3n) is 1.66. The molecule has 2 heteroatoms. The van der Waals surface area contributed by atoms with Crippen LogP contribution in [0.4, 0.5) is 0 Å². The lowest BCUT2D eigenvalue weighted by Crippen LogP contribution is -2.18. The molecule has 0 heterocycles. The van der Waals surface area contributed by atoms with Gasteiger partial charge in [0.05, 0.1) is 0 Å². The van der Waals surface area contributed by atoms with Gasteiger partial charge in [-0.1, -0.05) is 24.6 Å². The topological polar surface area (TPSA) is 20.3 Å². The Morgan fingerprint density at radius 2 is 1.92 bits per heavy atom. The van der Waals surface area contributed by atoms with Gasteiger partial charge in [-0.05, 0) is 13.3 Å². The lowest BCUT2D eigenvalue weighted by Gasteiger charge is -2.05. The molecule has 0 N–H and O–H groups in total. The summed E-state index contributed by atoms with van der Waals surface area (Å²) in [6.07, 6.45) is 6.44. The van der Waals surface area contributed by atoms with E-state index >= 15 is 0 Å². The summed E-state index contributed by atoms with van der Waals surface area (Å²) in [4.78, 5) is 12.6. The number of amides is 1. The molecule has 0 atom stereocenters. The third kappa shape index (κ3) is 3.96. The number of allylic oxidation sites excluding steroid dienone is 3. The summed E-state index contributed by atoms with van der Waals surface area (Å²) in [5, 5.41) is 0. The van der Waals surface area contributed by atoms with Gasteiger partial charge in [0.1, 0.15) is 0 Å². The molecule has 0 bridgehead atoms. The van der Waals surface area contributed by atoms with E-state index in [1.54, 1.807) is 25.1 Å². The highest BCUT2D eigenvalue weighted by Gasteiger charge is 1.96. The largest absolute Gasteiger partial charge is 0.345 e. The van der Waals surface area contributed by atoms with Crippen LogP contribution in [0, 0.1) is 0 Å². The summed E-state index contributed by atoms with van der Waals surface area (Å²) in [5.74, 6) is 0.0304. The molecule has 0 aromatic carbocycles. The second kappa shape index (κ2) is 5.58. The van der Waals surface area contributed by atoms with Crippen molar-refractivity contribution in [1.29, 1.82) is 0 Å². The van der Waals surface area contributed by atoms with Crippen LogP contribution < -0.4 is 0 Å². The van der Waals surface area contributed by atoms with Crippen molar-refractivity contribution in [1.82, 2.24) is 4.90 Å². The van der Waals surface area contributed by atoms with Crippen LogP contribution in [0.15, 0.2) is 23.8 Å². The van der Waals surface area contributed by atoms with Gasteiger partial charge in [0.25, 0.3) is 0 Å². The highest BCUT2D eigenvalue weighted by atomic mass is 16.2. The Labute approximate surface area is 74.6 Å². The van der Waals surface area contributed by atoms with Crippen molar-refractivity contribution in [3.05, 3.63) is 23.8 Å². The van der Waals surface area contributed by atoms with Crippen molar-refractivity contribution < 1.29 is 4.79 Å². The van der Waals surface area contributed by atoms with Crippen LogP contribution in [-0.4, -0.2) is 24.9 Å². The first-order valence-corrected chi connectivity index (χ1v) is 4.16. The van der Waals surface area contributed by atoms with Crippen molar-refractivity contribution in [3.63, 3.8) is 0 Å². The van der Waals surface area contributed by atoms with Gasteiger partial charge >= 0.3 is 0 Å². The molecule has 0 spiro atoms. The Balaban J connectivity index is 4.15. The maximum Gasteiger partial charge on any atom is 0.246 e. The smallest absolute Gasteiger partial charge is 0.246 e. The molecule has 0 radical (unpaired) electrons. The number of hydrogen-bond donors (Lipinski definition) is 0. The minimum atomic E-state index is 0.0304. The van der Waals surface area contributed by atoms with E-state index in [9.17, 15) is 4.79 Å². The summed E-state index contributed by atoms with van der Waals surface area (Å²) in [6.45, 7) is 4.04. The fourth-order valence-corrected chi connectivity index (χ4v) is 0.746. The quantitative estimate of drug-likeness (QED) is 0.465. The molecule has 1 amide bonds. The predicted molar refractivity (Wildman–Crippen MR) is 51.9 cm³/mol. The summed E-state index contributed by atoms with van der Waals surface area (Å²) >= 11 is 0. The first-order chi connectivity index (χ1) is 5.61. The zero-order chi connectivity index (χ0) is 9.56. The second-order valence-electron chi connectivity index (χ2n) is 2.78. The fraction of sp³-hybridized carbons (Fsp3) is 0.500. The predicted octanol–water partition coefficient (Wildman–Crippen LogP) is 1.99. The third-order valence-corrected chi connectivity index (χ3v) is 1.66. The Hall–Kier alpha value is -1.05. The highest BCUT2D eigenvalue weighted by Crippen LogP contribution is 2.01. The molecule has 0 fully saturated rings. The molecule has 0 aliphatic rings. The summed E-state index contributed by atoms with van der Waals surface area (Å²) in [6, 6.07) is 0. The average Bonchev–Trinajstić information content (AvgIpc) is 2.05. The Morgan fingerprint density at radius 3 is 2.25 bits per heavy atom. The summed E-state index contributed by atoms with van der Waals surface area (Å²) < 4.78 is 0. The zero-order valence-corrected chi connectivity index (χ0v) is 8.29. The van der Waals surface area contributed by atoms with Gasteiger partial charge in [-0.2, -0.15) is 0 Å². The van der Waals surface area contributed by atoms with Gasteiger partial charge in [0.2, 0.25) is 5.91 Å². The van der Waals surface area contributed by atoms with E-state index in [1.165, 1.54) is 5.57 Å². The van der Waals surface area contributed by atoms with Crippen LogP contribution in [0.3, 0.4) is 0 Å². The molecule has 0 saturated carbocycles. The number of carbonyl (C=O) groups excluding carboxylic acids is 1. The lowest BCUT2D eigenvalue weighted by atomic mass is 10.2. The normalized spacial score (nSPS) is 12.2. The molecule has 0 aromatic rings. The molecule has 2 nitrogen and oxygen atoms in total. The first-order valence-electron chi connectivity index (χ1n) is 4.16. The molecule has 12 heavy (non-hydrogen) atoms. The van der Waals surface area contributed by atoms with E-state index < -0.39 is 0 Å². The Kier molecular flexibility index (Phi) is 5.09. The van der Waals surface area contributed by atoms with Gasteiger partial charge in [-0.15, -0.1) is 0 Å². The minimum Gasteiger partial charge on any atom is -0.345 e. The molecule has 0 saturated heterocycles. The van der Waals surface area contributed by atoms with Crippen molar-refractivity contribution in [2.24, 2.45) is 0 Å². The van der Waals surface area contributed by atoms with E-state index in [1.807, 2.05) is 19.1 Å². The highest BCUT2D eigenvalue weighted by molar-refractivity contribution is 5.87. The standard InChI is InChI=1S/C10H17NO/c1-5-9(6-2)7-8-10(12)11(3)4/h5,7-8H,6H2,1-4H3. The molecular formula is C10H17NO. The van der Waals surface area contributed by atoms with Crippen molar-refractivity contribution in [2.45, 2.75) is 20.3 Å². The second-order valence-corrected chi connectivity index (χ2v) is 2.78. The number of hydrogen-bond acceptors (Lipinski definition) is 1. The van der Waals surface area contributed by atoms with Gasteiger partial charge in [0.15, 0.2) is 0 Å². The zero-order valence-electron chi connectivity index (χ0n) is 8.29. The van der Waals surface area contributed by atoms with Crippen LogP contribution in [0.25, 0.3) is 0 Å². The lowest BCUT2D eigenvalue weighted by molar-refractivity contribution is -0.123. The van der Waals surface area contributed by atoms with E-state index in [-0.39, 0.29) is 5.91 Å². The monoisotopic (exact) mass is 167 g/mol. The van der Waals surface area contributed by atoms with Crippen molar-refractivity contribution in [2.75, 3.05) is 14.1 Å². The fourth-order valence-electron chi connectivity index (χ4n) is 0.746. The Morgan fingerprint density at radius 1 is 1.33 bits per heavy atom.